The third kappa shape index (κ3) is 4.62. The Hall–Kier alpha value is -2.29. The number of carbonyl (C=O) groups excluding carboxylic acids is 1. The fraction of sp³-hybridized carbons (Fsp3) is 0.250. The molecule has 0 fully saturated rings. The number of carbonyl (C=O) groups is 1. The van der Waals surface area contributed by atoms with Crippen LogP contribution in [0, 0.1) is 6.92 Å². The summed E-state index contributed by atoms with van der Waals surface area (Å²) in [5.74, 6) is -0.000411. The number of amides is 2. The van der Waals surface area contributed by atoms with Crippen LogP contribution in [0.4, 0.5) is 29.5 Å². The highest BCUT2D eigenvalue weighted by Crippen LogP contribution is 2.19. The number of alkyl halides is 3. The van der Waals surface area contributed by atoms with Crippen molar-refractivity contribution in [1.29, 1.82) is 0 Å². The van der Waals surface area contributed by atoms with Crippen molar-refractivity contribution in [3.05, 3.63) is 35.5 Å². The van der Waals surface area contributed by atoms with Crippen LogP contribution in [0.15, 0.2) is 24.8 Å². The molecule has 0 saturated heterocycles. The molecule has 0 aliphatic heterocycles. The number of nitrogens with zero attached hydrogens (tertiary/aromatic N) is 3. The number of imidazole rings is 1. The fourth-order valence-electron chi connectivity index (χ4n) is 1.62. The van der Waals surface area contributed by atoms with E-state index >= 15 is 0 Å². The molecular formula is C12H11ClF3N5O. The van der Waals surface area contributed by atoms with Crippen LogP contribution < -0.4 is 10.6 Å². The third-order valence-electron chi connectivity index (χ3n) is 2.55. The van der Waals surface area contributed by atoms with Crippen molar-refractivity contribution >= 4 is 29.1 Å². The first kappa shape index (κ1) is 16.1. The number of pyridine rings is 1. The first-order valence-electron chi connectivity index (χ1n) is 6.01. The zero-order valence-electron chi connectivity index (χ0n) is 11.3. The van der Waals surface area contributed by atoms with Crippen LogP contribution >= 0.6 is 11.6 Å². The van der Waals surface area contributed by atoms with Gasteiger partial charge in [-0.25, -0.2) is 14.8 Å². The van der Waals surface area contributed by atoms with Crippen LogP contribution in [0.1, 0.15) is 5.56 Å². The number of aryl methyl sites for hydroxylation is 1. The highest BCUT2D eigenvalue weighted by atomic mass is 35.5. The summed E-state index contributed by atoms with van der Waals surface area (Å²) in [5.41, 5.74) is 1.12. The molecule has 6 nitrogen and oxygen atoms in total. The van der Waals surface area contributed by atoms with Crippen LogP contribution in [-0.4, -0.2) is 26.7 Å². The largest absolute Gasteiger partial charge is 0.406 e. The monoisotopic (exact) mass is 333 g/mol. The quantitative estimate of drug-likeness (QED) is 0.845. The number of rotatable bonds is 3. The van der Waals surface area contributed by atoms with E-state index in [-0.39, 0.29) is 11.0 Å². The number of hydrogen-bond acceptors (Lipinski definition) is 3. The van der Waals surface area contributed by atoms with Gasteiger partial charge in [0.05, 0.1) is 6.33 Å². The maximum atomic E-state index is 12.2. The third-order valence-corrected chi connectivity index (χ3v) is 2.76. The minimum absolute atomic E-state index is 0.000411. The molecule has 0 aliphatic carbocycles. The van der Waals surface area contributed by atoms with E-state index in [1.165, 1.54) is 12.3 Å². The summed E-state index contributed by atoms with van der Waals surface area (Å²) < 4.78 is 37.5. The summed E-state index contributed by atoms with van der Waals surface area (Å²) in [6.45, 7) is 0.541. The van der Waals surface area contributed by atoms with Crippen molar-refractivity contribution in [3.8, 4) is 0 Å². The Bertz CT molecular complexity index is 686. The van der Waals surface area contributed by atoms with Crippen LogP contribution in [0.25, 0.3) is 0 Å². The summed E-state index contributed by atoms with van der Waals surface area (Å²) in [4.78, 5) is 19.3. The van der Waals surface area contributed by atoms with E-state index in [2.05, 4.69) is 20.6 Å². The van der Waals surface area contributed by atoms with Crippen LogP contribution in [0.3, 0.4) is 0 Å². The van der Waals surface area contributed by atoms with E-state index in [9.17, 15) is 18.0 Å². The molecule has 0 saturated carbocycles. The summed E-state index contributed by atoms with van der Waals surface area (Å²) in [7, 11) is 0. The van der Waals surface area contributed by atoms with Gasteiger partial charge in [-0.1, -0.05) is 11.6 Å². The molecule has 0 bridgehead atoms. The highest BCUT2D eigenvalue weighted by molar-refractivity contribution is 6.29. The first-order chi connectivity index (χ1) is 10.2. The van der Waals surface area contributed by atoms with Crippen molar-refractivity contribution in [3.63, 3.8) is 0 Å². The van der Waals surface area contributed by atoms with E-state index in [1.54, 1.807) is 6.92 Å². The SMILES string of the molecule is Cc1cnc(Cl)cc1NC(=O)Nc1cn(CC(F)(F)F)cn1. The van der Waals surface area contributed by atoms with Crippen molar-refractivity contribution < 1.29 is 18.0 Å². The molecule has 0 radical (unpaired) electrons. The molecule has 0 aliphatic rings. The van der Waals surface area contributed by atoms with E-state index in [4.69, 9.17) is 11.6 Å². The minimum Gasteiger partial charge on any atom is -0.326 e. The lowest BCUT2D eigenvalue weighted by Crippen LogP contribution is -2.20. The molecule has 10 heteroatoms. The standard InChI is InChI=1S/C12H11ClF3N5O/c1-7-3-17-9(13)2-8(7)19-11(22)20-10-4-21(6-18-10)5-12(14,15)16/h2-4,6H,5H2,1H3,(H2,17,19,20,22). The normalized spacial score (nSPS) is 11.3. The molecule has 0 aromatic carbocycles. The summed E-state index contributed by atoms with van der Waals surface area (Å²) >= 11 is 5.72. The second-order valence-corrected chi connectivity index (χ2v) is 4.83. The topological polar surface area (TPSA) is 71.8 Å². The molecule has 118 valence electrons. The Balaban J connectivity index is 1.99. The number of aromatic nitrogens is 3. The zero-order valence-corrected chi connectivity index (χ0v) is 12.0. The van der Waals surface area contributed by atoms with Gasteiger partial charge in [-0.2, -0.15) is 13.2 Å². The predicted octanol–water partition coefficient (Wildman–Crippen LogP) is 3.45. The molecule has 2 N–H and O–H groups in total. The van der Waals surface area contributed by atoms with E-state index in [1.807, 2.05) is 0 Å². The number of nitrogens with one attached hydrogen (secondary N) is 2. The number of urea groups is 1. The van der Waals surface area contributed by atoms with Gasteiger partial charge in [-0.05, 0) is 18.6 Å². The highest BCUT2D eigenvalue weighted by Gasteiger charge is 2.27. The lowest BCUT2D eigenvalue weighted by Gasteiger charge is -2.08. The molecule has 2 rings (SSSR count). The fourth-order valence-corrected chi connectivity index (χ4v) is 1.78. The molecule has 2 heterocycles. The van der Waals surface area contributed by atoms with Gasteiger partial charge in [0.1, 0.15) is 11.7 Å². The van der Waals surface area contributed by atoms with Crippen molar-refractivity contribution in [2.24, 2.45) is 0 Å². The van der Waals surface area contributed by atoms with Crippen molar-refractivity contribution in [2.75, 3.05) is 10.6 Å². The molecule has 22 heavy (non-hydrogen) atoms. The Morgan fingerprint density at radius 2 is 2.09 bits per heavy atom. The average Bonchev–Trinajstić information content (AvgIpc) is 2.78. The number of hydrogen-bond donors (Lipinski definition) is 2. The molecular weight excluding hydrogens is 323 g/mol. The second-order valence-electron chi connectivity index (χ2n) is 4.45. The molecule has 2 aromatic rings. The van der Waals surface area contributed by atoms with Crippen LogP contribution in [0.2, 0.25) is 5.15 Å². The second kappa shape index (κ2) is 6.22. The lowest BCUT2D eigenvalue weighted by molar-refractivity contribution is -0.140. The Morgan fingerprint density at radius 1 is 1.36 bits per heavy atom. The van der Waals surface area contributed by atoms with Gasteiger partial charge in [-0.15, -0.1) is 0 Å². The molecule has 0 spiro atoms. The van der Waals surface area contributed by atoms with Gasteiger partial charge in [0.15, 0.2) is 5.82 Å². The van der Waals surface area contributed by atoms with Crippen molar-refractivity contribution in [2.45, 2.75) is 19.6 Å². The summed E-state index contributed by atoms with van der Waals surface area (Å²) in [5, 5.41) is 5.05. The predicted molar refractivity (Wildman–Crippen MR) is 74.9 cm³/mol. The average molecular weight is 334 g/mol. The number of anilines is 2. The number of halogens is 4. The lowest BCUT2D eigenvalue weighted by atomic mass is 10.2. The van der Waals surface area contributed by atoms with Gasteiger partial charge >= 0.3 is 12.2 Å². The van der Waals surface area contributed by atoms with Gasteiger partial charge in [0.2, 0.25) is 0 Å². The van der Waals surface area contributed by atoms with Gasteiger partial charge < -0.3 is 9.88 Å². The minimum atomic E-state index is -4.36. The maximum absolute atomic E-state index is 12.2. The van der Waals surface area contributed by atoms with Gasteiger partial charge in [-0.3, -0.25) is 5.32 Å². The maximum Gasteiger partial charge on any atom is 0.406 e. The van der Waals surface area contributed by atoms with E-state index < -0.39 is 18.8 Å². The summed E-state index contributed by atoms with van der Waals surface area (Å²) in [6, 6.07) is 0.807. The Labute approximate surface area is 128 Å². The van der Waals surface area contributed by atoms with E-state index in [0.29, 0.717) is 11.3 Å². The molecule has 0 unspecified atom stereocenters. The van der Waals surface area contributed by atoms with Crippen molar-refractivity contribution in [1.82, 2.24) is 14.5 Å². The van der Waals surface area contributed by atoms with Crippen LogP contribution in [0.5, 0.6) is 0 Å². The van der Waals surface area contributed by atoms with Gasteiger partial charge in [0, 0.05) is 18.1 Å². The summed E-state index contributed by atoms with van der Waals surface area (Å²) in [6.07, 6.45) is -0.807. The molecule has 0 atom stereocenters. The Morgan fingerprint density at radius 3 is 2.77 bits per heavy atom. The molecule has 2 aromatic heterocycles. The zero-order chi connectivity index (χ0) is 16.3. The van der Waals surface area contributed by atoms with E-state index in [0.717, 1.165) is 17.1 Å². The van der Waals surface area contributed by atoms with Crippen LogP contribution in [-0.2, 0) is 6.54 Å². The smallest absolute Gasteiger partial charge is 0.326 e. The van der Waals surface area contributed by atoms with Gasteiger partial charge in [0.25, 0.3) is 0 Å². The first-order valence-corrected chi connectivity index (χ1v) is 6.39. The Kier molecular flexibility index (Phi) is 4.55. The molecule has 2 amide bonds.